The summed E-state index contributed by atoms with van der Waals surface area (Å²) < 4.78 is 48.8. The van der Waals surface area contributed by atoms with Gasteiger partial charge in [-0.15, -0.1) is 0 Å². The molecule has 9 heteroatoms. The van der Waals surface area contributed by atoms with Crippen molar-refractivity contribution in [3.63, 3.8) is 0 Å². The van der Waals surface area contributed by atoms with Gasteiger partial charge in [-0.1, -0.05) is 12.1 Å². The second-order valence-corrected chi connectivity index (χ2v) is 9.39. The monoisotopic (exact) mass is 495 g/mol. The molecule has 0 amide bonds. The van der Waals surface area contributed by atoms with Gasteiger partial charge in [0.25, 0.3) is 0 Å². The number of anilines is 2. The molecule has 0 N–H and O–H groups in total. The Balaban J connectivity index is 1.89. The van der Waals surface area contributed by atoms with Crippen LogP contribution in [0.25, 0.3) is 0 Å². The van der Waals surface area contributed by atoms with Crippen LogP contribution in [0.5, 0.6) is 23.0 Å². The number of nitrogens with zero attached hydrogens (tertiary/aromatic N) is 1. The van der Waals surface area contributed by atoms with Crippen molar-refractivity contribution >= 4 is 27.0 Å². The zero-order chi connectivity index (χ0) is 25.2. The molecule has 0 saturated carbocycles. The Morgan fingerprint density at radius 1 is 0.886 bits per heavy atom. The number of Topliss-reactive ketones (excluding diaryl/α,β-unsaturated/α-hetero) is 1. The number of benzene rings is 3. The summed E-state index contributed by atoms with van der Waals surface area (Å²) in [5.74, 6) is 1.14. The molecule has 1 aliphatic heterocycles. The Hall–Kier alpha value is -3.98. The van der Waals surface area contributed by atoms with Gasteiger partial charge in [-0.3, -0.25) is 4.79 Å². The fourth-order valence-electron chi connectivity index (χ4n) is 3.87. The highest BCUT2D eigenvalue weighted by molar-refractivity contribution is 7.96. The number of carbonyl (C=O) groups is 1. The average molecular weight is 496 g/mol. The molecule has 8 nitrogen and oxygen atoms in total. The van der Waals surface area contributed by atoms with E-state index in [-0.39, 0.29) is 15.4 Å². The first-order chi connectivity index (χ1) is 16.8. The van der Waals surface area contributed by atoms with Crippen LogP contribution in [0.3, 0.4) is 0 Å². The highest BCUT2D eigenvalue weighted by Crippen LogP contribution is 2.46. The first-order valence-electron chi connectivity index (χ1n) is 10.8. The van der Waals surface area contributed by atoms with E-state index in [4.69, 9.17) is 18.9 Å². The van der Waals surface area contributed by atoms with E-state index in [1.165, 1.54) is 33.6 Å². The molecule has 3 aromatic carbocycles. The van der Waals surface area contributed by atoms with Gasteiger partial charge in [-0.25, -0.2) is 8.42 Å². The number of ketones is 1. The van der Waals surface area contributed by atoms with Gasteiger partial charge in [-0.05, 0) is 43.3 Å². The molecular weight excluding hydrogens is 470 g/mol. The van der Waals surface area contributed by atoms with Gasteiger partial charge >= 0.3 is 0 Å². The van der Waals surface area contributed by atoms with Crippen molar-refractivity contribution in [2.45, 2.75) is 11.8 Å². The van der Waals surface area contributed by atoms with Crippen molar-refractivity contribution in [1.82, 2.24) is 0 Å². The zero-order valence-corrected chi connectivity index (χ0v) is 20.6. The Morgan fingerprint density at radius 2 is 1.51 bits per heavy atom. The van der Waals surface area contributed by atoms with E-state index < -0.39 is 15.6 Å². The molecule has 0 aliphatic carbocycles. The number of para-hydroxylation sites is 1. The van der Waals surface area contributed by atoms with Crippen LogP contribution < -0.4 is 23.8 Å². The van der Waals surface area contributed by atoms with Crippen molar-refractivity contribution in [3.8, 4) is 23.0 Å². The fraction of sp³-hybridized carbons (Fsp3) is 0.192. The maximum atomic E-state index is 13.5. The second kappa shape index (κ2) is 9.71. The average Bonchev–Trinajstić information content (AvgIpc) is 2.88. The topological polar surface area (TPSA) is 91.4 Å². The van der Waals surface area contributed by atoms with E-state index in [9.17, 15) is 13.2 Å². The fourth-order valence-corrected chi connectivity index (χ4v) is 5.41. The van der Waals surface area contributed by atoms with Gasteiger partial charge in [-0.2, -0.15) is 0 Å². The number of allylic oxidation sites excluding steroid dienone is 1. The molecule has 0 radical (unpaired) electrons. The molecule has 0 saturated heterocycles. The molecule has 0 spiro atoms. The number of fused-ring (bicyclic) bond motifs is 1. The van der Waals surface area contributed by atoms with Gasteiger partial charge in [0.1, 0.15) is 10.7 Å². The molecule has 0 aromatic heterocycles. The third-order valence-corrected chi connectivity index (χ3v) is 7.32. The van der Waals surface area contributed by atoms with Crippen molar-refractivity contribution in [1.29, 1.82) is 0 Å². The first kappa shape index (κ1) is 24.2. The molecule has 1 aliphatic rings. The lowest BCUT2D eigenvalue weighted by atomic mass is 10.1. The van der Waals surface area contributed by atoms with E-state index in [0.717, 1.165) is 0 Å². The SMILES string of the molecule is CCOc1ccc(C(=O)C2=CN(c3cc(OC)c(OC)c(OC)c3)c3ccccc3S2(=O)=O)cc1. The van der Waals surface area contributed by atoms with E-state index in [1.54, 1.807) is 59.5 Å². The van der Waals surface area contributed by atoms with Crippen LogP contribution in [-0.2, 0) is 9.84 Å². The van der Waals surface area contributed by atoms with Gasteiger partial charge in [0, 0.05) is 23.9 Å². The number of hydrogen-bond donors (Lipinski definition) is 0. The number of carbonyl (C=O) groups excluding carboxylic acids is 1. The maximum Gasteiger partial charge on any atom is 0.214 e. The summed E-state index contributed by atoms with van der Waals surface area (Å²) in [6.07, 6.45) is 1.33. The summed E-state index contributed by atoms with van der Waals surface area (Å²) in [6, 6.07) is 16.2. The van der Waals surface area contributed by atoms with Gasteiger partial charge in [0.15, 0.2) is 11.5 Å². The Labute approximate surface area is 204 Å². The smallest absolute Gasteiger partial charge is 0.214 e. The highest BCUT2D eigenvalue weighted by atomic mass is 32.2. The van der Waals surface area contributed by atoms with E-state index in [2.05, 4.69) is 0 Å². The van der Waals surface area contributed by atoms with Crippen LogP contribution in [0, 0.1) is 0 Å². The highest BCUT2D eigenvalue weighted by Gasteiger charge is 2.36. The second-order valence-electron chi connectivity index (χ2n) is 7.50. The molecule has 1 heterocycles. The molecule has 35 heavy (non-hydrogen) atoms. The molecule has 182 valence electrons. The minimum Gasteiger partial charge on any atom is -0.494 e. The van der Waals surface area contributed by atoms with E-state index in [0.29, 0.717) is 41.0 Å². The lowest BCUT2D eigenvalue weighted by molar-refractivity contribution is 0.104. The lowest BCUT2D eigenvalue weighted by Crippen LogP contribution is -2.25. The number of methoxy groups -OCH3 is 3. The molecule has 3 aromatic rings. The molecule has 0 bridgehead atoms. The van der Waals surface area contributed by atoms with Crippen molar-refractivity contribution in [2.24, 2.45) is 0 Å². The number of hydrogen-bond acceptors (Lipinski definition) is 8. The summed E-state index contributed by atoms with van der Waals surface area (Å²) in [5, 5.41) is 0. The molecular formula is C26H25NO7S. The lowest BCUT2D eigenvalue weighted by Gasteiger charge is -2.29. The summed E-state index contributed by atoms with van der Waals surface area (Å²) in [6.45, 7) is 2.33. The van der Waals surface area contributed by atoms with Crippen LogP contribution in [-0.4, -0.2) is 42.1 Å². The van der Waals surface area contributed by atoms with Crippen molar-refractivity contribution < 1.29 is 32.2 Å². The summed E-state index contributed by atoms with van der Waals surface area (Å²) in [7, 11) is 0.397. The Bertz CT molecular complexity index is 1370. The van der Waals surface area contributed by atoms with Crippen LogP contribution >= 0.6 is 0 Å². The van der Waals surface area contributed by atoms with Crippen molar-refractivity contribution in [2.75, 3.05) is 32.8 Å². The van der Waals surface area contributed by atoms with E-state index >= 15 is 0 Å². The summed E-state index contributed by atoms with van der Waals surface area (Å²) in [5.41, 5.74) is 1.15. The Kier molecular flexibility index (Phi) is 6.70. The third kappa shape index (κ3) is 4.30. The largest absolute Gasteiger partial charge is 0.494 e. The number of ether oxygens (including phenoxy) is 4. The van der Waals surface area contributed by atoms with Gasteiger partial charge in [0.05, 0.1) is 44.2 Å². The predicted octanol–water partition coefficient (Wildman–Crippen LogP) is 4.76. The number of sulfone groups is 1. The normalized spacial score (nSPS) is 13.9. The Morgan fingerprint density at radius 3 is 2.09 bits per heavy atom. The quantitative estimate of drug-likeness (QED) is 0.413. The van der Waals surface area contributed by atoms with Gasteiger partial charge < -0.3 is 23.8 Å². The predicted molar refractivity (Wildman–Crippen MR) is 132 cm³/mol. The zero-order valence-electron chi connectivity index (χ0n) is 19.8. The maximum absolute atomic E-state index is 13.5. The molecule has 0 unspecified atom stereocenters. The van der Waals surface area contributed by atoms with Crippen LogP contribution in [0.1, 0.15) is 17.3 Å². The standard InChI is InChI=1S/C26H25NO7S/c1-5-34-19-12-10-17(11-13-19)25(28)24-16-27(20-8-6-7-9-23(20)35(24,29)30)18-14-21(31-2)26(33-4)22(15-18)32-3/h6-16H,5H2,1-4H3. The minimum atomic E-state index is -4.08. The van der Waals surface area contributed by atoms with Crippen molar-refractivity contribution in [3.05, 3.63) is 77.3 Å². The minimum absolute atomic E-state index is 0.0190. The molecule has 4 rings (SSSR count). The summed E-state index contributed by atoms with van der Waals surface area (Å²) >= 11 is 0. The third-order valence-electron chi connectivity index (χ3n) is 5.53. The molecule has 0 atom stereocenters. The van der Waals surface area contributed by atoms with Gasteiger partial charge in [0.2, 0.25) is 21.4 Å². The first-order valence-corrected chi connectivity index (χ1v) is 12.3. The van der Waals surface area contributed by atoms with Crippen LogP contribution in [0.15, 0.2) is 76.7 Å². The van der Waals surface area contributed by atoms with Crippen LogP contribution in [0.2, 0.25) is 0 Å². The number of rotatable bonds is 8. The van der Waals surface area contributed by atoms with E-state index in [1.807, 2.05) is 6.92 Å². The molecule has 0 fully saturated rings. The summed E-state index contributed by atoms with van der Waals surface area (Å²) in [4.78, 5) is 14.7. The van der Waals surface area contributed by atoms with Crippen LogP contribution in [0.4, 0.5) is 11.4 Å².